The minimum Gasteiger partial charge on any atom is -0.497 e. The van der Waals surface area contributed by atoms with Gasteiger partial charge >= 0.3 is 5.97 Å². The number of unbranched alkanes of at least 4 members (excludes halogenated alkanes) is 4. The van der Waals surface area contributed by atoms with Crippen LogP contribution in [0.4, 0.5) is 0 Å². The maximum Gasteiger partial charge on any atom is 0.330 e. The molecular weight excluding hydrogens is 713 g/mol. The maximum absolute atomic E-state index is 13.8. The van der Waals surface area contributed by atoms with Gasteiger partial charge in [-0.05, 0) is 64.9 Å². The van der Waals surface area contributed by atoms with E-state index in [1.54, 1.807) is 42.7 Å². The van der Waals surface area contributed by atoms with E-state index in [0.29, 0.717) is 28.6 Å². The van der Waals surface area contributed by atoms with E-state index in [1.807, 2.05) is 54.6 Å². The molecule has 5 rings (SSSR count). The Labute approximate surface area is 327 Å². The number of benzene rings is 3. The van der Waals surface area contributed by atoms with Gasteiger partial charge in [-0.25, -0.2) is 14.8 Å². The van der Waals surface area contributed by atoms with E-state index in [-0.39, 0.29) is 11.8 Å². The average molecular weight is 763 g/mol. The van der Waals surface area contributed by atoms with Crippen molar-refractivity contribution >= 4 is 29.1 Å². The van der Waals surface area contributed by atoms with Crippen LogP contribution in [0.15, 0.2) is 97.3 Å². The van der Waals surface area contributed by atoms with Gasteiger partial charge in [-0.3, -0.25) is 9.59 Å². The van der Waals surface area contributed by atoms with Crippen LogP contribution in [0.5, 0.6) is 11.5 Å². The molecule has 11 heteroatoms. The van der Waals surface area contributed by atoms with Crippen molar-refractivity contribution in [3.8, 4) is 34.0 Å². The van der Waals surface area contributed by atoms with Crippen molar-refractivity contribution < 1.29 is 29.0 Å². The number of aliphatic carboxylic acids is 1. The molecule has 0 aliphatic rings. The highest BCUT2D eigenvalue weighted by Crippen LogP contribution is 2.30. The number of carbonyl (C=O) groups is 3. The van der Waals surface area contributed by atoms with E-state index in [0.717, 1.165) is 39.3 Å². The second-order valence-corrected chi connectivity index (χ2v) is 15.6. The van der Waals surface area contributed by atoms with Crippen LogP contribution in [0.3, 0.4) is 0 Å². The van der Waals surface area contributed by atoms with E-state index in [1.165, 1.54) is 44.1 Å². The highest BCUT2D eigenvalue weighted by atomic mass is 32.1. The van der Waals surface area contributed by atoms with Crippen molar-refractivity contribution in [2.75, 3.05) is 13.7 Å². The van der Waals surface area contributed by atoms with Gasteiger partial charge in [-0.1, -0.05) is 102 Å². The summed E-state index contributed by atoms with van der Waals surface area (Å²) in [6.45, 7) is 9.12. The fourth-order valence-electron chi connectivity index (χ4n) is 5.92. The van der Waals surface area contributed by atoms with Crippen LogP contribution in [0.1, 0.15) is 91.5 Å². The third-order valence-electron chi connectivity index (χ3n) is 9.18. The fourth-order valence-corrected chi connectivity index (χ4v) is 6.89. The smallest absolute Gasteiger partial charge is 0.330 e. The number of nitrogens with one attached hydrogen (secondary N) is 2. The van der Waals surface area contributed by atoms with Gasteiger partial charge in [-0.2, -0.15) is 0 Å². The molecule has 2 amide bonds. The van der Waals surface area contributed by atoms with Crippen molar-refractivity contribution in [2.45, 2.75) is 83.7 Å². The SMILES string of the molecule is CCCCCCCOc1ccc(-c2cnc(-c3ccc(C[C@H](NC(=O)c4ccc(C(C)(C)C)s4)C(=O)NC(C(=O)O)c4ccc(OC)cc4)cc3)nc2)cc1. The number of nitrogens with zero attached hydrogens (tertiary/aromatic N) is 2. The monoisotopic (exact) mass is 762 g/mol. The highest BCUT2D eigenvalue weighted by molar-refractivity contribution is 7.14. The zero-order valence-corrected chi connectivity index (χ0v) is 32.9. The van der Waals surface area contributed by atoms with Crippen LogP contribution in [0.25, 0.3) is 22.5 Å². The van der Waals surface area contributed by atoms with Crippen molar-refractivity contribution in [1.82, 2.24) is 20.6 Å². The van der Waals surface area contributed by atoms with Crippen LogP contribution in [0, 0.1) is 0 Å². The first-order valence-electron chi connectivity index (χ1n) is 18.7. The molecule has 55 heavy (non-hydrogen) atoms. The number of ether oxygens (including phenoxy) is 2. The van der Waals surface area contributed by atoms with Crippen LogP contribution >= 0.6 is 11.3 Å². The molecule has 2 heterocycles. The molecule has 288 valence electrons. The molecule has 0 spiro atoms. The number of carbonyl (C=O) groups excluding carboxylic acids is 2. The Morgan fingerprint density at radius 3 is 2.00 bits per heavy atom. The summed E-state index contributed by atoms with van der Waals surface area (Å²) in [7, 11) is 1.51. The zero-order chi connectivity index (χ0) is 39.4. The molecule has 5 aromatic rings. The molecular formula is C44H50N4O6S. The lowest BCUT2D eigenvalue weighted by Crippen LogP contribution is -2.49. The van der Waals surface area contributed by atoms with Crippen molar-refractivity contribution in [1.29, 1.82) is 0 Å². The van der Waals surface area contributed by atoms with E-state index in [9.17, 15) is 19.5 Å². The summed E-state index contributed by atoms with van der Waals surface area (Å²) in [6.07, 6.45) is 9.66. The summed E-state index contributed by atoms with van der Waals surface area (Å²) >= 11 is 1.36. The topological polar surface area (TPSA) is 140 Å². The summed E-state index contributed by atoms with van der Waals surface area (Å²) in [6, 6.07) is 23.0. The molecule has 2 atom stereocenters. The van der Waals surface area contributed by atoms with Gasteiger partial charge in [0.1, 0.15) is 17.5 Å². The predicted molar refractivity (Wildman–Crippen MR) is 217 cm³/mol. The molecule has 3 aromatic carbocycles. The first-order valence-corrected chi connectivity index (χ1v) is 19.5. The Bertz CT molecular complexity index is 2000. The Kier molecular flexibility index (Phi) is 14.2. The number of methoxy groups -OCH3 is 1. The number of hydrogen-bond acceptors (Lipinski definition) is 8. The minimum atomic E-state index is -1.34. The minimum absolute atomic E-state index is 0.114. The molecule has 2 aromatic heterocycles. The van der Waals surface area contributed by atoms with Gasteiger partial charge in [0.15, 0.2) is 11.9 Å². The van der Waals surface area contributed by atoms with Crippen molar-refractivity contribution in [2.24, 2.45) is 0 Å². The third kappa shape index (κ3) is 11.5. The lowest BCUT2D eigenvalue weighted by Gasteiger charge is -2.22. The van der Waals surface area contributed by atoms with E-state index < -0.39 is 29.9 Å². The number of thiophene rings is 1. The average Bonchev–Trinajstić information content (AvgIpc) is 3.71. The van der Waals surface area contributed by atoms with E-state index >= 15 is 0 Å². The van der Waals surface area contributed by atoms with Gasteiger partial charge in [0, 0.05) is 34.8 Å². The number of carboxylic acids is 1. The summed E-state index contributed by atoms with van der Waals surface area (Å²) < 4.78 is 11.1. The standard InChI is InChI=1S/C44H50N4O6S/c1-6-7-8-9-10-25-54-35-21-15-30(16-22-35)33-27-45-40(46-28-33)32-13-11-29(12-14-32)26-36(47-42(50)37-23-24-38(55-37)44(2,3)4)41(49)48-39(43(51)52)31-17-19-34(53-5)20-18-31/h11-24,27-28,36,39H,6-10,25-26H2,1-5H3,(H,47,50)(H,48,49)(H,51,52)/t36-,39?/m0/s1. The molecule has 1 unspecified atom stereocenters. The molecule has 0 aliphatic heterocycles. The van der Waals surface area contributed by atoms with Gasteiger partial charge < -0.3 is 25.2 Å². The van der Waals surface area contributed by atoms with E-state index in [2.05, 4.69) is 48.3 Å². The van der Waals surface area contributed by atoms with Crippen LogP contribution in [-0.4, -0.2) is 52.6 Å². The maximum atomic E-state index is 13.8. The molecule has 0 bridgehead atoms. The Hall–Kier alpha value is -5.55. The van der Waals surface area contributed by atoms with Gasteiger partial charge in [-0.15, -0.1) is 11.3 Å². The second kappa shape index (κ2) is 19.2. The normalized spacial score (nSPS) is 12.4. The van der Waals surface area contributed by atoms with Crippen LogP contribution in [0.2, 0.25) is 0 Å². The van der Waals surface area contributed by atoms with Crippen molar-refractivity contribution in [3.63, 3.8) is 0 Å². The first-order chi connectivity index (χ1) is 26.4. The van der Waals surface area contributed by atoms with E-state index in [4.69, 9.17) is 9.47 Å². The largest absolute Gasteiger partial charge is 0.497 e. The first kappa shape index (κ1) is 40.6. The fraction of sp³-hybridized carbons (Fsp3) is 0.341. The lowest BCUT2D eigenvalue weighted by molar-refractivity contribution is -0.142. The van der Waals surface area contributed by atoms with Crippen LogP contribution < -0.4 is 20.1 Å². The molecule has 0 aliphatic carbocycles. The number of amides is 2. The molecule has 0 radical (unpaired) electrons. The number of rotatable bonds is 18. The molecule has 3 N–H and O–H groups in total. The quantitative estimate of drug-likeness (QED) is 0.0753. The molecule has 0 saturated carbocycles. The summed E-state index contributed by atoms with van der Waals surface area (Å²) in [5.74, 6) is -0.343. The lowest BCUT2D eigenvalue weighted by atomic mass is 9.95. The second-order valence-electron chi connectivity index (χ2n) is 14.5. The third-order valence-corrected chi connectivity index (χ3v) is 10.7. The van der Waals surface area contributed by atoms with Gasteiger partial charge in [0.25, 0.3) is 5.91 Å². The highest BCUT2D eigenvalue weighted by Gasteiger charge is 2.29. The van der Waals surface area contributed by atoms with Crippen LogP contribution in [-0.2, 0) is 21.4 Å². The molecule has 0 saturated heterocycles. The zero-order valence-electron chi connectivity index (χ0n) is 32.1. The predicted octanol–water partition coefficient (Wildman–Crippen LogP) is 8.81. The Balaban J connectivity index is 1.27. The summed E-state index contributed by atoms with van der Waals surface area (Å²) in [4.78, 5) is 50.3. The number of carboxylic acid groups (broad SMARTS) is 1. The number of hydrogen-bond donors (Lipinski definition) is 3. The summed E-state index contributed by atoms with van der Waals surface area (Å²) in [5, 5.41) is 15.6. The molecule has 0 fully saturated rings. The summed E-state index contributed by atoms with van der Waals surface area (Å²) in [5.41, 5.74) is 3.61. The van der Waals surface area contributed by atoms with Crippen molar-refractivity contribution in [3.05, 3.63) is 118 Å². The van der Waals surface area contributed by atoms with Gasteiger partial charge in [0.05, 0.1) is 18.6 Å². The van der Waals surface area contributed by atoms with Gasteiger partial charge in [0.2, 0.25) is 5.91 Å². The molecule has 10 nitrogen and oxygen atoms in total. The Morgan fingerprint density at radius 1 is 0.764 bits per heavy atom. The Morgan fingerprint density at radius 2 is 1.40 bits per heavy atom. The number of aromatic nitrogens is 2.